The van der Waals surface area contributed by atoms with E-state index >= 15 is 0 Å². The van der Waals surface area contributed by atoms with E-state index in [1.54, 1.807) is 7.05 Å². The summed E-state index contributed by atoms with van der Waals surface area (Å²) in [6.45, 7) is 5.23. The van der Waals surface area contributed by atoms with Crippen LogP contribution in [0.2, 0.25) is 0 Å². The second-order valence-electron chi connectivity index (χ2n) is 3.60. The Labute approximate surface area is 103 Å². The number of rotatable bonds is 8. The Hall–Kier alpha value is -0.640. The fraction of sp³-hybridized carbons (Fsp3) is 0.750. The van der Waals surface area contributed by atoms with Crippen LogP contribution in [0.1, 0.15) is 13.3 Å². The van der Waals surface area contributed by atoms with Crippen LogP contribution in [0.25, 0.3) is 0 Å². The number of nitrogens with one attached hydrogen (secondary N) is 2. The molecule has 0 aliphatic heterocycles. The zero-order valence-corrected chi connectivity index (χ0v) is 11.9. The minimum Gasteiger partial charge on any atom is -0.320 e. The van der Waals surface area contributed by atoms with Crippen molar-refractivity contribution in [1.82, 2.24) is 13.7 Å². The molecular formula is C8H19N3O4S2. The Morgan fingerprint density at radius 2 is 1.82 bits per heavy atom. The fourth-order valence-electron chi connectivity index (χ4n) is 1.12. The van der Waals surface area contributed by atoms with Crippen LogP contribution in [0, 0.1) is 0 Å². The summed E-state index contributed by atoms with van der Waals surface area (Å²) >= 11 is 0. The zero-order chi connectivity index (χ0) is 13.7. The molecule has 0 spiro atoms. The summed E-state index contributed by atoms with van der Waals surface area (Å²) in [5.74, 6) is 0. The van der Waals surface area contributed by atoms with E-state index in [1.807, 2.05) is 0 Å². The van der Waals surface area contributed by atoms with E-state index in [2.05, 4.69) is 16.6 Å². The quantitative estimate of drug-likeness (QED) is 0.571. The van der Waals surface area contributed by atoms with Gasteiger partial charge in [-0.3, -0.25) is 4.72 Å². The standard InChI is InChI=1S/C8H19N3O4S2/c1-8(2)10-17(14,15)11(16(4,12)13)7-5-6-9-3/h9-10H,1,5-7H2,2-4H3. The topological polar surface area (TPSA) is 95.6 Å². The van der Waals surface area contributed by atoms with E-state index in [9.17, 15) is 16.8 Å². The van der Waals surface area contributed by atoms with Gasteiger partial charge in [-0.1, -0.05) is 10.3 Å². The van der Waals surface area contributed by atoms with Gasteiger partial charge in [0.05, 0.1) is 6.26 Å². The van der Waals surface area contributed by atoms with Crippen LogP contribution in [-0.2, 0) is 20.2 Å². The molecule has 0 rings (SSSR count). The maximum atomic E-state index is 11.7. The highest BCUT2D eigenvalue weighted by Gasteiger charge is 2.29. The van der Waals surface area contributed by atoms with Gasteiger partial charge < -0.3 is 5.32 Å². The molecule has 0 aliphatic rings. The van der Waals surface area contributed by atoms with Crippen LogP contribution < -0.4 is 10.0 Å². The molecule has 7 nitrogen and oxygen atoms in total. The van der Waals surface area contributed by atoms with E-state index in [1.165, 1.54) is 6.92 Å². The molecular weight excluding hydrogens is 266 g/mol. The third-order valence-electron chi connectivity index (χ3n) is 1.71. The molecule has 0 aromatic heterocycles. The fourth-order valence-corrected chi connectivity index (χ4v) is 4.03. The predicted octanol–water partition coefficient (Wildman–Crippen LogP) is -0.774. The van der Waals surface area contributed by atoms with Crippen molar-refractivity contribution in [1.29, 1.82) is 0 Å². The van der Waals surface area contributed by atoms with Crippen molar-refractivity contribution >= 4 is 20.2 Å². The second kappa shape index (κ2) is 6.34. The Morgan fingerprint density at radius 1 is 1.29 bits per heavy atom. The smallest absolute Gasteiger partial charge is 0.314 e. The van der Waals surface area contributed by atoms with Crippen molar-refractivity contribution in [3.8, 4) is 0 Å². The Morgan fingerprint density at radius 3 is 2.18 bits per heavy atom. The van der Waals surface area contributed by atoms with E-state index < -0.39 is 20.2 Å². The van der Waals surface area contributed by atoms with Gasteiger partial charge in [0.1, 0.15) is 0 Å². The Bertz CT molecular complexity index is 455. The SMILES string of the molecule is C=C(C)NS(=O)(=O)N(CCCNC)S(C)(=O)=O. The first-order chi connectivity index (χ1) is 7.61. The predicted molar refractivity (Wildman–Crippen MR) is 67.0 cm³/mol. The summed E-state index contributed by atoms with van der Waals surface area (Å²) in [6, 6.07) is 0. The van der Waals surface area contributed by atoms with Crippen molar-refractivity contribution in [3.05, 3.63) is 12.3 Å². The van der Waals surface area contributed by atoms with Crippen molar-refractivity contribution in [3.63, 3.8) is 0 Å². The van der Waals surface area contributed by atoms with Crippen molar-refractivity contribution in [2.45, 2.75) is 13.3 Å². The lowest BCUT2D eigenvalue weighted by Crippen LogP contribution is -2.44. The number of hydrogen-bond donors (Lipinski definition) is 2. The van der Waals surface area contributed by atoms with E-state index in [0.717, 1.165) is 6.26 Å². The van der Waals surface area contributed by atoms with Crippen molar-refractivity contribution in [2.24, 2.45) is 0 Å². The molecule has 0 aromatic rings. The highest BCUT2D eigenvalue weighted by Crippen LogP contribution is 2.07. The zero-order valence-electron chi connectivity index (χ0n) is 10.2. The molecule has 9 heteroatoms. The van der Waals surface area contributed by atoms with Crippen LogP contribution in [0.5, 0.6) is 0 Å². The minimum atomic E-state index is -4.09. The van der Waals surface area contributed by atoms with Gasteiger partial charge in [-0.05, 0) is 26.9 Å². The lowest BCUT2D eigenvalue weighted by atomic mass is 10.4. The molecule has 102 valence electrons. The maximum absolute atomic E-state index is 11.7. The van der Waals surface area contributed by atoms with Gasteiger partial charge in [-0.2, -0.15) is 8.42 Å². The number of allylic oxidation sites excluding steroid dienone is 1. The third-order valence-corrected chi connectivity index (χ3v) is 5.36. The average Bonchev–Trinajstić information content (AvgIpc) is 2.07. The molecule has 0 bridgehead atoms. The van der Waals surface area contributed by atoms with Crippen LogP contribution in [0.4, 0.5) is 0 Å². The van der Waals surface area contributed by atoms with E-state index in [4.69, 9.17) is 0 Å². The Kier molecular flexibility index (Phi) is 6.10. The van der Waals surface area contributed by atoms with E-state index in [0.29, 0.717) is 16.7 Å². The molecule has 0 radical (unpaired) electrons. The molecule has 17 heavy (non-hydrogen) atoms. The molecule has 0 aliphatic carbocycles. The van der Waals surface area contributed by atoms with Gasteiger partial charge in [0.25, 0.3) is 0 Å². The van der Waals surface area contributed by atoms with Crippen LogP contribution in [-0.4, -0.2) is 46.9 Å². The molecule has 0 fully saturated rings. The number of hydrogen-bond acceptors (Lipinski definition) is 5. The first kappa shape index (κ1) is 16.4. The molecule has 2 N–H and O–H groups in total. The van der Waals surface area contributed by atoms with Crippen LogP contribution >= 0.6 is 0 Å². The van der Waals surface area contributed by atoms with Gasteiger partial charge >= 0.3 is 10.2 Å². The lowest BCUT2D eigenvalue weighted by Gasteiger charge is -2.20. The van der Waals surface area contributed by atoms with Gasteiger partial charge in [-0.15, -0.1) is 0 Å². The monoisotopic (exact) mass is 285 g/mol. The summed E-state index contributed by atoms with van der Waals surface area (Å²) < 4.78 is 48.8. The van der Waals surface area contributed by atoms with Gasteiger partial charge in [0.2, 0.25) is 10.0 Å². The molecule has 0 amide bonds. The number of nitrogens with zero attached hydrogens (tertiary/aromatic N) is 1. The average molecular weight is 285 g/mol. The van der Waals surface area contributed by atoms with Crippen molar-refractivity contribution in [2.75, 3.05) is 26.4 Å². The number of sulfonamides is 1. The summed E-state index contributed by atoms with van der Waals surface area (Å²) in [5, 5.41) is 2.81. The summed E-state index contributed by atoms with van der Waals surface area (Å²) in [6.07, 6.45) is 1.24. The van der Waals surface area contributed by atoms with Crippen LogP contribution in [0.3, 0.4) is 0 Å². The second-order valence-corrected chi connectivity index (χ2v) is 7.34. The van der Waals surface area contributed by atoms with Gasteiger partial charge in [0.15, 0.2) is 0 Å². The largest absolute Gasteiger partial charge is 0.320 e. The molecule has 0 unspecified atom stereocenters. The van der Waals surface area contributed by atoms with Crippen molar-refractivity contribution < 1.29 is 16.8 Å². The first-order valence-corrected chi connectivity index (χ1v) is 8.21. The third kappa shape index (κ3) is 6.01. The lowest BCUT2D eigenvalue weighted by molar-refractivity contribution is 0.486. The highest BCUT2D eigenvalue weighted by atomic mass is 32.3. The van der Waals surface area contributed by atoms with Gasteiger partial charge in [-0.25, -0.2) is 8.42 Å². The molecule has 0 saturated carbocycles. The normalized spacial score (nSPS) is 12.7. The molecule has 0 saturated heterocycles. The maximum Gasteiger partial charge on any atom is 0.314 e. The first-order valence-electron chi connectivity index (χ1n) is 4.92. The van der Waals surface area contributed by atoms with Crippen LogP contribution in [0.15, 0.2) is 12.3 Å². The van der Waals surface area contributed by atoms with Gasteiger partial charge in [0, 0.05) is 12.2 Å². The van der Waals surface area contributed by atoms with E-state index in [-0.39, 0.29) is 12.2 Å². The Balaban J connectivity index is 5.00. The summed E-state index contributed by atoms with van der Waals surface area (Å²) in [7, 11) is -6.23. The summed E-state index contributed by atoms with van der Waals surface area (Å²) in [5.41, 5.74) is 0.160. The molecule has 0 heterocycles. The minimum absolute atomic E-state index is 0.109. The molecule has 0 atom stereocenters. The molecule has 0 aromatic carbocycles. The summed E-state index contributed by atoms with van der Waals surface area (Å²) in [4.78, 5) is 0. The highest BCUT2D eigenvalue weighted by molar-refractivity contribution is 8.02.